The smallest absolute Gasteiger partial charge is 0.255 e. The van der Waals surface area contributed by atoms with Crippen LogP contribution >= 0.6 is 0 Å². The molecule has 1 heterocycles. The number of carbonyl (C=O) groups is 1. The molecule has 162 valence electrons. The van der Waals surface area contributed by atoms with Crippen LogP contribution in [0.2, 0.25) is 0 Å². The summed E-state index contributed by atoms with van der Waals surface area (Å²) in [4.78, 5) is 13.0. The molecule has 1 saturated heterocycles. The maximum atomic E-state index is 13.2. The number of rotatable bonds is 5. The molecule has 1 amide bonds. The van der Waals surface area contributed by atoms with Crippen LogP contribution in [0.15, 0.2) is 52.3 Å². The summed E-state index contributed by atoms with van der Waals surface area (Å²) in [6.45, 7) is 2.70. The zero-order valence-electron chi connectivity index (χ0n) is 17.1. The highest BCUT2D eigenvalue weighted by Crippen LogP contribution is 2.25. The highest BCUT2D eigenvalue weighted by Gasteiger charge is 2.27. The van der Waals surface area contributed by atoms with Gasteiger partial charge < -0.3 is 5.32 Å². The Kier molecular flexibility index (Phi) is 6.64. The van der Waals surface area contributed by atoms with Gasteiger partial charge in [-0.1, -0.05) is 18.9 Å². The standard InChI is InChI=1S/C21H26N2O5S2/c1-16-7-8-17(15-20(16)30(27,28)23-13-5-3-4-6-14-23)21(24)22-18-9-11-19(12-10-18)29(2,25)26/h7-12,15H,3-6,13-14H2,1-2H3,(H,22,24). The fourth-order valence-electron chi connectivity index (χ4n) is 3.43. The van der Waals surface area contributed by atoms with Gasteiger partial charge in [0.2, 0.25) is 10.0 Å². The molecule has 0 saturated carbocycles. The Morgan fingerprint density at radius 3 is 2.07 bits per heavy atom. The Balaban J connectivity index is 1.84. The van der Waals surface area contributed by atoms with Gasteiger partial charge in [-0.2, -0.15) is 4.31 Å². The van der Waals surface area contributed by atoms with Crippen molar-refractivity contribution in [3.8, 4) is 0 Å². The lowest BCUT2D eigenvalue weighted by atomic mass is 10.1. The molecule has 3 rings (SSSR count). The van der Waals surface area contributed by atoms with Crippen LogP contribution in [0.1, 0.15) is 41.6 Å². The second kappa shape index (κ2) is 8.87. The minimum atomic E-state index is -3.68. The first-order valence-corrected chi connectivity index (χ1v) is 13.1. The Morgan fingerprint density at radius 1 is 0.900 bits per heavy atom. The number of nitrogens with zero attached hydrogens (tertiary/aromatic N) is 1. The molecule has 30 heavy (non-hydrogen) atoms. The summed E-state index contributed by atoms with van der Waals surface area (Å²) in [6.07, 6.45) is 4.82. The molecular weight excluding hydrogens is 424 g/mol. The van der Waals surface area contributed by atoms with E-state index in [1.54, 1.807) is 19.1 Å². The normalized spacial score (nSPS) is 16.1. The number of amides is 1. The number of sulfone groups is 1. The molecule has 0 radical (unpaired) electrons. The van der Waals surface area contributed by atoms with Crippen molar-refractivity contribution in [2.75, 3.05) is 24.7 Å². The van der Waals surface area contributed by atoms with Gasteiger partial charge in [0.1, 0.15) is 0 Å². The lowest BCUT2D eigenvalue weighted by Gasteiger charge is -2.21. The molecule has 7 nitrogen and oxygen atoms in total. The zero-order valence-corrected chi connectivity index (χ0v) is 18.7. The van der Waals surface area contributed by atoms with E-state index in [-0.39, 0.29) is 15.4 Å². The second-order valence-corrected chi connectivity index (χ2v) is 11.5. The third-order valence-electron chi connectivity index (χ3n) is 5.17. The number of anilines is 1. The summed E-state index contributed by atoms with van der Waals surface area (Å²) < 4.78 is 50.9. The molecule has 0 aromatic heterocycles. The van der Waals surface area contributed by atoms with E-state index in [0.717, 1.165) is 31.9 Å². The monoisotopic (exact) mass is 450 g/mol. The average Bonchev–Trinajstić information content (AvgIpc) is 2.98. The van der Waals surface area contributed by atoms with E-state index >= 15 is 0 Å². The molecular formula is C21H26N2O5S2. The van der Waals surface area contributed by atoms with Crippen molar-refractivity contribution in [1.29, 1.82) is 0 Å². The molecule has 1 aliphatic heterocycles. The van der Waals surface area contributed by atoms with Gasteiger partial charge in [0, 0.05) is 30.6 Å². The number of aryl methyl sites for hydroxylation is 1. The lowest BCUT2D eigenvalue weighted by Crippen LogP contribution is -2.32. The number of nitrogens with one attached hydrogen (secondary N) is 1. The SMILES string of the molecule is Cc1ccc(C(=O)Nc2ccc(S(C)(=O)=O)cc2)cc1S(=O)(=O)N1CCCCCC1. The van der Waals surface area contributed by atoms with Crippen LogP contribution < -0.4 is 5.32 Å². The van der Waals surface area contributed by atoms with Gasteiger partial charge in [0.25, 0.3) is 5.91 Å². The molecule has 2 aromatic carbocycles. The van der Waals surface area contributed by atoms with E-state index in [4.69, 9.17) is 0 Å². The molecule has 0 unspecified atom stereocenters. The molecule has 0 atom stereocenters. The van der Waals surface area contributed by atoms with Gasteiger partial charge in [0.15, 0.2) is 9.84 Å². The lowest BCUT2D eigenvalue weighted by molar-refractivity contribution is 0.102. The predicted octanol–water partition coefficient (Wildman–Crippen LogP) is 3.22. The van der Waals surface area contributed by atoms with Crippen molar-refractivity contribution in [1.82, 2.24) is 4.31 Å². The van der Waals surface area contributed by atoms with E-state index in [2.05, 4.69) is 5.32 Å². The van der Waals surface area contributed by atoms with Gasteiger partial charge in [0.05, 0.1) is 9.79 Å². The van der Waals surface area contributed by atoms with Crippen molar-refractivity contribution in [2.45, 2.75) is 42.4 Å². The fraction of sp³-hybridized carbons (Fsp3) is 0.381. The third-order valence-corrected chi connectivity index (χ3v) is 8.34. The van der Waals surface area contributed by atoms with E-state index in [9.17, 15) is 21.6 Å². The van der Waals surface area contributed by atoms with Gasteiger partial charge in [-0.05, 0) is 61.7 Å². The molecule has 1 fully saturated rings. The Labute approximate surface area is 178 Å². The molecule has 1 aliphatic rings. The van der Waals surface area contributed by atoms with Crippen molar-refractivity contribution in [2.24, 2.45) is 0 Å². The highest BCUT2D eigenvalue weighted by atomic mass is 32.2. The maximum absolute atomic E-state index is 13.2. The number of hydrogen-bond acceptors (Lipinski definition) is 5. The zero-order chi connectivity index (χ0) is 21.9. The summed E-state index contributed by atoms with van der Waals surface area (Å²) in [7, 11) is -7.00. The first-order valence-electron chi connectivity index (χ1n) is 9.81. The van der Waals surface area contributed by atoms with E-state index in [1.165, 1.54) is 34.6 Å². The van der Waals surface area contributed by atoms with Crippen molar-refractivity contribution in [3.05, 3.63) is 53.6 Å². The molecule has 2 aromatic rings. The van der Waals surface area contributed by atoms with E-state index in [0.29, 0.717) is 24.3 Å². The van der Waals surface area contributed by atoms with E-state index < -0.39 is 25.8 Å². The van der Waals surface area contributed by atoms with Gasteiger partial charge in [-0.3, -0.25) is 4.79 Å². The molecule has 0 aliphatic carbocycles. The van der Waals surface area contributed by atoms with Crippen LogP contribution in [0.5, 0.6) is 0 Å². The first kappa shape index (κ1) is 22.5. The van der Waals surface area contributed by atoms with Crippen LogP contribution in [0.25, 0.3) is 0 Å². The molecule has 9 heteroatoms. The predicted molar refractivity (Wildman–Crippen MR) is 116 cm³/mol. The van der Waals surface area contributed by atoms with Crippen LogP contribution in [-0.4, -0.2) is 46.4 Å². The Bertz CT molecular complexity index is 1130. The van der Waals surface area contributed by atoms with E-state index in [1.807, 2.05) is 0 Å². The number of carbonyl (C=O) groups excluding carboxylic acids is 1. The fourth-order valence-corrected chi connectivity index (χ4v) is 5.83. The second-order valence-electron chi connectivity index (χ2n) is 7.55. The Morgan fingerprint density at radius 2 is 1.50 bits per heavy atom. The van der Waals surface area contributed by atoms with Crippen LogP contribution in [0, 0.1) is 6.92 Å². The third kappa shape index (κ3) is 5.08. The van der Waals surface area contributed by atoms with Crippen molar-refractivity contribution >= 4 is 31.5 Å². The Hall–Kier alpha value is -2.23. The number of sulfonamides is 1. The molecule has 1 N–H and O–H groups in total. The number of hydrogen-bond donors (Lipinski definition) is 1. The van der Waals surface area contributed by atoms with Crippen LogP contribution in [0.3, 0.4) is 0 Å². The quantitative estimate of drug-likeness (QED) is 0.754. The molecule has 0 bridgehead atoms. The topological polar surface area (TPSA) is 101 Å². The summed E-state index contributed by atoms with van der Waals surface area (Å²) >= 11 is 0. The van der Waals surface area contributed by atoms with Crippen molar-refractivity contribution in [3.63, 3.8) is 0 Å². The highest BCUT2D eigenvalue weighted by molar-refractivity contribution is 7.90. The van der Waals surface area contributed by atoms with Gasteiger partial charge >= 0.3 is 0 Å². The summed E-state index contributed by atoms with van der Waals surface area (Å²) in [6, 6.07) is 10.4. The first-order chi connectivity index (χ1) is 14.1. The summed E-state index contributed by atoms with van der Waals surface area (Å²) in [5, 5.41) is 2.68. The summed E-state index contributed by atoms with van der Waals surface area (Å²) in [5.41, 5.74) is 1.24. The van der Waals surface area contributed by atoms with Gasteiger partial charge in [-0.25, -0.2) is 16.8 Å². The molecule has 0 spiro atoms. The minimum Gasteiger partial charge on any atom is -0.322 e. The summed E-state index contributed by atoms with van der Waals surface area (Å²) in [5.74, 6) is -0.463. The largest absolute Gasteiger partial charge is 0.322 e. The van der Waals surface area contributed by atoms with Gasteiger partial charge in [-0.15, -0.1) is 0 Å². The number of benzene rings is 2. The average molecular weight is 451 g/mol. The van der Waals surface area contributed by atoms with Crippen LogP contribution in [-0.2, 0) is 19.9 Å². The van der Waals surface area contributed by atoms with Crippen LogP contribution in [0.4, 0.5) is 5.69 Å². The minimum absolute atomic E-state index is 0.143. The maximum Gasteiger partial charge on any atom is 0.255 e. The van der Waals surface area contributed by atoms with Crippen molar-refractivity contribution < 1.29 is 21.6 Å².